The maximum atomic E-state index is 12.4. The van der Waals surface area contributed by atoms with E-state index >= 15 is 0 Å². The summed E-state index contributed by atoms with van der Waals surface area (Å²) in [7, 11) is 1.60. The van der Waals surface area contributed by atoms with Crippen molar-refractivity contribution in [3.05, 3.63) is 29.8 Å². The second-order valence-electron chi connectivity index (χ2n) is 6.57. The molecule has 1 saturated heterocycles. The zero-order chi connectivity index (χ0) is 19.6. The monoisotopic (exact) mass is 374 g/mol. The molecular weight excluding hydrogens is 344 g/mol. The molecule has 0 aromatic heterocycles. The molecule has 0 saturated carbocycles. The highest BCUT2D eigenvalue weighted by Gasteiger charge is 2.26. The topological polar surface area (TPSA) is 67.9 Å². The predicted molar refractivity (Wildman–Crippen MR) is 106 cm³/mol. The second kappa shape index (κ2) is 10.6. The summed E-state index contributed by atoms with van der Waals surface area (Å²) < 4.78 is 10.8. The highest BCUT2D eigenvalue weighted by molar-refractivity contribution is 5.92. The van der Waals surface area contributed by atoms with Gasteiger partial charge in [-0.1, -0.05) is 13.0 Å². The van der Waals surface area contributed by atoms with Crippen LogP contribution in [0, 0.1) is 5.92 Å². The van der Waals surface area contributed by atoms with E-state index in [0.717, 1.165) is 12.0 Å². The molecule has 0 radical (unpaired) electrons. The Labute approximate surface area is 161 Å². The summed E-state index contributed by atoms with van der Waals surface area (Å²) >= 11 is 0. The van der Waals surface area contributed by atoms with Gasteiger partial charge in [0.1, 0.15) is 0 Å². The number of piperidine rings is 1. The summed E-state index contributed by atoms with van der Waals surface area (Å²) in [6.07, 6.45) is 5.72. The van der Waals surface area contributed by atoms with E-state index < -0.39 is 0 Å². The van der Waals surface area contributed by atoms with Crippen molar-refractivity contribution >= 4 is 17.9 Å². The lowest BCUT2D eigenvalue weighted by Crippen LogP contribution is -2.42. The maximum absolute atomic E-state index is 12.4. The predicted octanol–water partition coefficient (Wildman–Crippen LogP) is 2.87. The zero-order valence-corrected chi connectivity index (χ0v) is 16.5. The summed E-state index contributed by atoms with van der Waals surface area (Å²) in [6, 6.07) is 5.57. The van der Waals surface area contributed by atoms with Crippen LogP contribution in [0.5, 0.6) is 11.5 Å². The lowest BCUT2D eigenvalue weighted by Gasteiger charge is -2.30. The molecule has 2 amide bonds. The molecule has 6 heteroatoms. The highest BCUT2D eigenvalue weighted by Crippen LogP contribution is 2.28. The van der Waals surface area contributed by atoms with Crippen LogP contribution in [0.25, 0.3) is 6.08 Å². The van der Waals surface area contributed by atoms with Gasteiger partial charge in [-0.05, 0) is 50.0 Å². The van der Waals surface area contributed by atoms with Crippen molar-refractivity contribution in [3.8, 4) is 11.5 Å². The number of amides is 2. The van der Waals surface area contributed by atoms with Crippen LogP contribution in [0.15, 0.2) is 24.3 Å². The lowest BCUT2D eigenvalue weighted by molar-refractivity contribution is -0.132. The summed E-state index contributed by atoms with van der Waals surface area (Å²) in [4.78, 5) is 26.3. The fourth-order valence-electron chi connectivity index (χ4n) is 3.09. The smallest absolute Gasteiger partial charge is 0.246 e. The average molecular weight is 374 g/mol. The first kappa shape index (κ1) is 20.8. The molecule has 0 spiro atoms. The van der Waals surface area contributed by atoms with Crippen LogP contribution in [0.4, 0.5) is 0 Å². The van der Waals surface area contributed by atoms with E-state index in [9.17, 15) is 9.59 Å². The molecule has 1 aromatic carbocycles. The number of likely N-dealkylation sites (tertiary alicyclic amines) is 1. The normalized spacial score (nSPS) is 15.0. The van der Waals surface area contributed by atoms with Crippen molar-refractivity contribution in [1.29, 1.82) is 0 Å². The number of ether oxygens (including phenoxy) is 2. The van der Waals surface area contributed by atoms with Crippen LogP contribution in [-0.4, -0.2) is 50.1 Å². The molecule has 1 aliphatic rings. The first-order valence-corrected chi connectivity index (χ1v) is 9.64. The second-order valence-corrected chi connectivity index (χ2v) is 6.57. The van der Waals surface area contributed by atoms with Gasteiger partial charge in [0.05, 0.1) is 13.7 Å². The molecule has 1 fully saturated rings. The summed E-state index contributed by atoms with van der Waals surface area (Å²) in [5.74, 6) is 1.43. The molecule has 1 N–H and O–H groups in total. The minimum atomic E-state index is -0.0313. The van der Waals surface area contributed by atoms with E-state index in [1.165, 1.54) is 0 Å². The standard InChI is InChI=1S/C21H30N2O4/c1-4-12-22-21(25)17-10-13-23(14-11-17)20(24)9-7-16-6-8-18(26-3)19(15-16)27-5-2/h6-9,15,17H,4-5,10-14H2,1-3H3,(H,22,25)/b9-7+. The molecule has 0 unspecified atom stereocenters. The van der Waals surface area contributed by atoms with E-state index in [4.69, 9.17) is 9.47 Å². The van der Waals surface area contributed by atoms with Crippen molar-refractivity contribution in [3.63, 3.8) is 0 Å². The number of methoxy groups -OCH3 is 1. The summed E-state index contributed by atoms with van der Waals surface area (Å²) in [5.41, 5.74) is 0.876. The van der Waals surface area contributed by atoms with Crippen molar-refractivity contribution in [2.24, 2.45) is 5.92 Å². The fourth-order valence-corrected chi connectivity index (χ4v) is 3.09. The SMILES string of the molecule is CCCNC(=O)C1CCN(C(=O)/C=C/c2ccc(OC)c(OCC)c2)CC1. The third-order valence-corrected chi connectivity index (χ3v) is 4.63. The summed E-state index contributed by atoms with van der Waals surface area (Å²) in [5, 5.41) is 2.94. The number of nitrogens with one attached hydrogen (secondary N) is 1. The summed E-state index contributed by atoms with van der Waals surface area (Å²) in [6.45, 7) is 6.43. The molecule has 1 heterocycles. The third kappa shape index (κ3) is 6.01. The van der Waals surface area contributed by atoms with Crippen LogP contribution in [0.1, 0.15) is 38.7 Å². The quantitative estimate of drug-likeness (QED) is 0.711. The first-order valence-electron chi connectivity index (χ1n) is 9.64. The molecule has 0 atom stereocenters. The van der Waals surface area contributed by atoms with Gasteiger partial charge in [-0.15, -0.1) is 0 Å². The van der Waals surface area contributed by atoms with E-state index in [2.05, 4.69) is 5.32 Å². The average Bonchev–Trinajstić information content (AvgIpc) is 2.70. The zero-order valence-electron chi connectivity index (χ0n) is 16.5. The molecular formula is C21H30N2O4. The largest absolute Gasteiger partial charge is 0.493 e. The van der Waals surface area contributed by atoms with Crippen molar-refractivity contribution in [2.75, 3.05) is 33.4 Å². The van der Waals surface area contributed by atoms with Gasteiger partial charge in [0.25, 0.3) is 0 Å². The Bertz CT molecular complexity index is 664. The number of benzene rings is 1. The number of rotatable bonds is 8. The maximum Gasteiger partial charge on any atom is 0.246 e. The highest BCUT2D eigenvalue weighted by atomic mass is 16.5. The van der Waals surface area contributed by atoms with Crippen molar-refractivity contribution in [1.82, 2.24) is 10.2 Å². The van der Waals surface area contributed by atoms with E-state index in [1.807, 2.05) is 32.0 Å². The molecule has 148 valence electrons. The molecule has 2 rings (SSSR count). The Balaban J connectivity index is 1.90. The Morgan fingerprint density at radius 2 is 1.96 bits per heavy atom. The molecule has 27 heavy (non-hydrogen) atoms. The third-order valence-electron chi connectivity index (χ3n) is 4.63. The van der Waals surface area contributed by atoms with Gasteiger partial charge in [-0.2, -0.15) is 0 Å². The van der Waals surface area contributed by atoms with Gasteiger partial charge in [-0.3, -0.25) is 9.59 Å². The molecule has 0 aliphatic carbocycles. The Kier molecular flexibility index (Phi) is 8.17. The van der Waals surface area contributed by atoms with Crippen LogP contribution in [-0.2, 0) is 9.59 Å². The molecule has 1 aromatic rings. The number of nitrogens with zero attached hydrogens (tertiary/aromatic N) is 1. The number of hydrogen-bond donors (Lipinski definition) is 1. The number of carbonyl (C=O) groups excluding carboxylic acids is 2. The van der Waals surface area contributed by atoms with Crippen molar-refractivity contribution in [2.45, 2.75) is 33.1 Å². The van der Waals surface area contributed by atoms with Crippen LogP contribution >= 0.6 is 0 Å². The van der Waals surface area contributed by atoms with Crippen LogP contribution in [0.3, 0.4) is 0 Å². The van der Waals surface area contributed by atoms with Crippen molar-refractivity contribution < 1.29 is 19.1 Å². The van der Waals surface area contributed by atoms with E-state index in [1.54, 1.807) is 24.2 Å². The molecule has 6 nitrogen and oxygen atoms in total. The lowest BCUT2D eigenvalue weighted by atomic mass is 9.96. The Hall–Kier alpha value is -2.50. The minimum Gasteiger partial charge on any atom is -0.493 e. The Morgan fingerprint density at radius 3 is 2.59 bits per heavy atom. The van der Waals surface area contributed by atoms with Gasteiger partial charge in [0.2, 0.25) is 11.8 Å². The van der Waals surface area contributed by atoms with Gasteiger partial charge in [0.15, 0.2) is 11.5 Å². The molecule has 1 aliphatic heterocycles. The number of hydrogen-bond acceptors (Lipinski definition) is 4. The van der Waals surface area contributed by atoms with Gasteiger partial charge in [-0.25, -0.2) is 0 Å². The Morgan fingerprint density at radius 1 is 1.22 bits per heavy atom. The van der Waals surface area contributed by atoms with E-state index in [0.29, 0.717) is 50.6 Å². The fraction of sp³-hybridized carbons (Fsp3) is 0.524. The minimum absolute atomic E-state index is 0.0138. The number of carbonyl (C=O) groups is 2. The van der Waals surface area contributed by atoms with E-state index in [-0.39, 0.29) is 17.7 Å². The van der Waals surface area contributed by atoms with Gasteiger partial charge < -0.3 is 19.7 Å². The van der Waals surface area contributed by atoms with Gasteiger partial charge in [0, 0.05) is 31.6 Å². The van der Waals surface area contributed by atoms with Crippen LogP contribution < -0.4 is 14.8 Å². The first-order chi connectivity index (χ1) is 13.1. The van der Waals surface area contributed by atoms with Gasteiger partial charge >= 0.3 is 0 Å². The van der Waals surface area contributed by atoms with Crippen LogP contribution in [0.2, 0.25) is 0 Å². The molecule has 0 bridgehead atoms.